The van der Waals surface area contributed by atoms with E-state index in [0.29, 0.717) is 55.8 Å². The van der Waals surface area contributed by atoms with E-state index in [1.807, 2.05) is 43.1 Å². The summed E-state index contributed by atoms with van der Waals surface area (Å²) < 4.78 is 16.6. The third-order valence-corrected chi connectivity index (χ3v) is 4.71. The van der Waals surface area contributed by atoms with E-state index >= 15 is 0 Å². The van der Waals surface area contributed by atoms with E-state index in [4.69, 9.17) is 14.2 Å². The molecule has 7 nitrogen and oxygen atoms in total. The Morgan fingerprint density at radius 2 is 1.75 bits per heavy atom. The second-order valence-corrected chi connectivity index (χ2v) is 6.81. The Labute approximate surface area is 163 Å². The molecule has 2 aromatic rings. The van der Waals surface area contributed by atoms with Gasteiger partial charge in [-0.1, -0.05) is 12.1 Å². The second kappa shape index (κ2) is 7.52. The minimum Gasteiger partial charge on any atom is -0.494 e. The molecule has 0 N–H and O–H groups in total. The molecule has 2 aliphatic heterocycles. The summed E-state index contributed by atoms with van der Waals surface area (Å²) in [5, 5.41) is 0. The van der Waals surface area contributed by atoms with Gasteiger partial charge in [-0.2, -0.15) is 0 Å². The van der Waals surface area contributed by atoms with E-state index in [1.54, 1.807) is 12.1 Å². The summed E-state index contributed by atoms with van der Waals surface area (Å²) in [5.41, 5.74) is 2.02. The van der Waals surface area contributed by atoms with E-state index in [2.05, 4.69) is 0 Å². The van der Waals surface area contributed by atoms with Gasteiger partial charge in [0, 0.05) is 12.6 Å². The SMILES string of the molecule is CCOc1ccc(CN(C)CN2C(=O)C(=O)c3cc4c(cc32)OCCO4)cc1. The molecule has 0 atom stereocenters. The van der Waals surface area contributed by atoms with Crippen LogP contribution in [0.1, 0.15) is 22.8 Å². The molecule has 0 spiro atoms. The lowest BCUT2D eigenvalue weighted by Crippen LogP contribution is -2.38. The number of anilines is 1. The fourth-order valence-electron chi connectivity index (χ4n) is 3.43. The number of ketones is 1. The maximum absolute atomic E-state index is 12.5. The summed E-state index contributed by atoms with van der Waals surface area (Å²) >= 11 is 0. The van der Waals surface area contributed by atoms with Crippen molar-refractivity contribution in [1.82, 2.24) is 4.90 Å². The Morgan fingerprint density at radius 1 is 1.07 bits per heavy atom. The van der Waals surface area contributed by atoms with Gasteiger partial charge in [-0.3, -0.25) is 19.4 Å². The largest absolute Gasteiger partial charge is 0.494 e. The summed E-state index contributed by atoms with van der Waals surface area (Å²) in [5.74, 6) is 0.856. The van der Waals surface area contributed by atoms with Crippen molar-refractivity contribution < 1.29 is 23.8 Å². The third kappa shape index (κ3) is 3.41. The number of amides is 1. The van der Waals surface area contributed by atoms with Crippen LogP contribution in [0.25, 0.3) is 0 Å². The Hall–Kier alpha value is -3.06. The van der Waals surface area contributed by atoms with E-state index in [1.165, 1.54) is 4.90 Å². The molecule has 0 radical (unpaired) electrons. The molecule has 2 aromatic carbocycles. The highest BCUT2D eigenvalue weighted by atomic mass is 16.6. The van der Waals surface area contributed by atoms with E-state index in [0.717, 1.165) is 11.3 Å². The monoisotopic (exact) mass is 382 g/mol. The Morgan fingerprint density at radius 3 is 2.43 bits per heavy atom. The topological polar surface area (TPSA) is 68.3 Å². The molecule has 0 unspecified atom stereocenters. The van der Waals surface area contributed by atoms with Crippen LogP contribution in [0.2, 0.25) is 0 Å². The number of rotatable bonds is 6. The van der Waals surface area contributed by atoms with E-state index in [9.17, 15) is 9.59 Å². The fraction of sp³-hybridized carbons (Fsp3) is 0.333. The number of carbonyl (C=O) groups excluding carboxylic acids is 2. The molecule has 0 aliphatic carbocycles. The summed E-state index contributed by atoms with van der Waals surface area (Å²) in [6.07, 6.45) is 0. The maximum Gasteiger partial charge on any atom is 0.300 e. The summed E-state index contributed by atoms with van der Waals surface area (Å²) in [6.45, 7) is 4.38. The Balaban J connectivity index is 1.50. The molecule has 146 valence electrons. The predicted molar refractivity (Wildman–Crippen MR) is 103 cm³/mol. The molecule has 7 heteroatoms. The zero-order valence-corrected chi connectivity index (χ0v) is 15.9. The molecule has 0 fully saturated rings. The van der Waals surface area contributed by atoms with Gasteiger partial charge >= 0.3 is 5.91 Å². The van der Waals surface area contributed by atoms with Crippen molar-refractivity contribution in [3.63, 3.8) is 0 Å². The lowest BCUT2D eigenvalue weighted by Gasteiger charge is -2.25. The van der Waals surface area contributed by atoms with Crippen molar-refractivity contribution in [3.05, 3.63) is 47.5 Å². The van der Waals surface area contributed by atoms with Gasteiger partial charge < -0.3 is 14.2 Å². The fourth-order valence-corrected chi connectivity index (χ4v) is 3.43. The van der Waals surface area contributed by atoms with Crippen LogP contribution in [0.15, 0.2) is 36.4 Å². The van der Waals surface area contributed by atoms with Gasteiger partial charge in [-0.15, -0.1) is 0 Å². The quantitative estimate of drug-likeness (QED) is 0.715. The first-order chi connectivity index (χ1) is 13.6. The van der Waals surface area contributed by atoms with Crippen LogP contribution in [-0.2, 0) is 11.3 Å². The molecule has 0 saturated heterocycles. The zero-order valence-electron chi connectivity index (χ0n) is 15.9. The van der Waals surface area contributed by atoms with Gasteiger partial charge in [0.05, 0.1) is 24.5 Å². The van der Waals surface area contributed by atoms with Crippen molar-refractivity contribution in [2.24, 2.45) is 0 Å². The number of hydrogen-bond donors (Lipinski definition) is 0. The van der Waals surface area contributed by atoms with Crippen LogP contribution >= 0.6 is 0 Å². The number of benzene rings is 2. The molecule has 4 rings (SSSR count). The molecular formula is C21H22N2O5. The minimum atomic E-state index is -0.532. The number of carbonyl (C=O) groups is 2. The number of hydrogen-bond acceptors (Lipinski definition) is 6. The van der Waals surface area contributed by atoms with Crippen molar-refractivity contribution in [2.75, 3.05) is 38.4 Å². The third-order valence-electron chi connectivity index (χ3n) is 4.71. The molecule has 2 aliphatic rings. The molecule has 0 saturated carbocycles. The Kier molecular flexibility index (Phi) is 4.92. The average molecular weight is 382 g/mol. The standard InChI is InChI=1S/C21H22N2O5/c1-3-26-15-6-4-14(5-7-15)12-22(2)13-23-17-11-19-18(27-8-9-28-19)10-16(17)20(24)21(23)25/h4-7,10-11H,3,8-9,12-13H2,1-2H3. The predicted octanol–water partition coefficient (Wildman–Crippen LogP) is 2.48. The highest BCUT2D eigenvalue weighted by Crippen LogP contribution is 2.40. The van der Waals surface area contributed by atoms with Crippen LogP contribution in [0, 0.1) is 0 Å². The zero-order chi connectivity index (χ0) is 19.7. The first kappa shape index (κ1) is 18.3. The van der Waals surface area contributed by atoms with Crippen LogP contribution in [0.5, 0.6) is 17.2 Å². The van der Waals surface area contributed by atoms with Crippen LogP contribution in [0.4, 0.5) is 5.69 Å². The smallest absolute Gasteiger partial charge is 0.300 e. The molecule has 0 aromatic heterocycles. The van der Waals surface area contributed by atoms with Crippen molar-refractivity contribution in [2.45, 2.75) is 13.5 Å². The second-order valence-electron chi connectivity index (χ2n) is 6.81. The normalized spacial score (nSPS) is 15.2. The molecule has 28 heavy (non-hydrogen) atoms. The first-order valence-electron chi connectivity index (χ1n) is 9.27. The average Bonchev–Trinajstić information content (AvgIpc) is 2.92. The molecule has 2 heterocycles. The van der Waals surface area contributed by atoms with Crippen LogP contribution < -0.4 is 19.1 Å². The number of Topliss-reactive ketones (excluding diaryl/α,β-unsaturated/α-hetero) is 1. The summed E-state index contributed by atoms with van der Waals surface area (Å²) in [6, 6.07) is 11.2. The lowest BCUT2D eigenvalue weighted by molar-refractivity contribution is -0.114. The number of ether oxygens (including phenoxy) is 3. The highest BCUT2D eigenvalue weighted by molar-refractivity contribution is 6.52. The van der Waals surface area contributed by atoms with Crippen LogP contribution in [0.3, 0.4) is 0 Å². The first-order valence-corrected chi connectivity index (χ1v) is 9.27. The lowest BCUT2D eigenvalue weighted by atomic mass is 10.1. The van der Waals surface area contributed by atoms with Crippen molar-refractivity contribution in [1.29, 1.82) is 0 Å². The van der Waals surface area contributed by atoms with E-state index in [-0.39, 0.29) is 0 Å². The van der Waals surface area contributed by atoms with Gasteiger partial charge in [0.2, 0.25) is 0 Å². The van der Waals surface area contributed by atoms with Gasteiger partial charge in [0.1, 0.15) is 19.0 Å². The molecule has 1 amide bonds. The van der Waals surface area contributed by atoms with Gasteiger partial charge in [0.25, 0.3) is 5.78 Å². The van der Waals surface area contributed by atoms with Crippen molar-refractivity contribution >= 4 is 17.4 Å². The van der Waals surface area contributed by atoms with Crippen LogP contribution in [-0.4, -0.2) is 50.1 Å². The Bertz CT molecular complexity index is 910. The molecular weight excluding hydrogens is 360 g/mol. The highest BCUT2D eigenvalue weighted by Gasteiger charge is 2.38. The minimum absolute atomic E-state index is 0.296. The van der Waals surface area contributed by atoms with Gasteiger partial charge in [-0.05, 0) is 37.7 Å². The maximum atomic E-state index is 12.5. The molecule has 0 bridgehead atoms. The van der Waals surface area contributed by atoms with E-state index < -0.39 is 11.7 Å². The summed E-state index contributed by atoms with van der Waals surface area (Å²) in [4.78, 5) is 28.4. The number of fused-ring (bicyclic) bond motifs is 2. The van der Waals surface area contributed by atoms with Gasteiger partial charge in [-0.25, -0.2) is 0 Å². The van der Waals surface area contributed by atoms with Crippen molar-refractivity contribution in [3.8, 4) is 17.2 Å². The number of nitrogens with zero attached hydrogens (tertiary/aromatic N) is 2. The summed E-state index contributed by atoms with van der Waals surface area (Å²) in [7, 11) is 1.91. The van der Waals surface area contributed by atoms with Gasteiger partial charge in [0.15, 0.2) is 11.5 Å².